The second-order valence-corrected chi connectivity index (χ2v) is 19.4. The van der Waals surface area contributed by atoms with E-state index in [0.717, 1.165) is 18.5 Å². The molecule has 0 saturated carbocycles. The molecule has 0 amide bonds. The maximum atomic E-state index is 2.64. The number of hydrogen-bond acceptors (Lipinski definition) is 2. The second-order valence-electron chi connectivity index (χ2n) is 19.4. The maximum Gasteiger partial charge on any atom is 0.257 e. The molecule has 326 valence electrons. The lowest BCUT2D eigenvalue weighted by atomic mass is 9.33. The van der Waals surface area contributed by atoms with E-state index in [2.05, 4.69) is 235 Å². The Morgan fingerprint density at radius 2 is 0.739 bits per heavy atom. The van der Waals surface area contributed by atoms with Crippen molar-refractivity contribution in [3.05, 3.63) is 199 Å². The van der Waals surface area contributed by atoms with Gasteiger partial charge in [-0.05, 0) is 153 Å². The summed E-state index contributed by atoms with van der Waals surface area (Å²) < 4.78 is 4.98. The lowest BCUT2D eigenvalue weighted by molar-refractivity contribution is 0.945. The number of aromatic nitrogens is 2. The smallest absolute Gasteiger partial charge is 0.257 e. The quantitative estimate of drug-likeness (QED) is 0.129. The van der Waals surface area contributed by atoms with E-state index in [9.17, 15) is 0 Å². The molecule has 5 heteroatoms. The summed E-state index contributed by atoms with van der Waals surface area (Å²) in [5, 5.41) is 18.0. The molecule has 0 saturated heterocycles. The molecular weight excluding hydrogens is 836 g/mol. The SMILES string of the molecule is CCc1ccc2c(c1)c1c(n2C)N(c2ccc3c4ccccc4c4ccccc4c3c2)c2cccc3c2B1c1c(n(C)c2ccc(CC)cc12)N3c1cccc2c3ccccc3c3ccccc3c12. The molecule has 13 aromatic rings. The van der Waals surface area contributed by atoms with Gasteiger partial charge in [-0.3, -0.25) is 9.80 Å². The first-order valence-corrected chi connectivity index (χ1v) is 24.6. The standard InChI is InChI=1S/C64H47BN4/c1-5-38-29-33-54-52(35-38)60-63(66(54)3)68(40-31-32-48-43-19-8-7-17-41(43)42-18-10-12-23-47(42)51(48)37-40)57-27-16-28-58-62(57)65(60)61-53-36-39(6-2)30-34-55(53)67(4)64(61)69(58)56-26-15-25-50-46-21-11-9-20-44(46)45-22-13-14-24-49(45)59(50)56/h7-37H,5-6H2,1-4H3. The van der Waals surface area contributed by atoms with Crippen molar-refractivity contribution in [2.45, 2.75) is 26.7 Å². The summed E-state index contributed by atoms with van der Waals surface area (Å²) in [6.45, 7) is 4.52. The third kappa shape index (κ3) is 5.04. The summed E-state index contributed by atoms with van der Waals surface area (Å²) >= 11 is 0. The van der Waals surface area contributed by atoms with Gasteiger partial charge in [0.05, 0.1) is 5.69 Å². The zero-order valence-corrected chi connectivity index (χ0v) is 39.2. The van der Waals surface area contributed by atoms with Gasteiger partial charge in [0.1, 0.15) is 11.6 Å². The van der Waals surface area contributed by atoms with E-state index < -0.39 is 0 Å². The molecule has 0 bridgehead atoms. The van der Waals surface area contributed by atoms with Crippen molar-refractivity contribution in [2.24, 2.45) is 14.1 Å². The second kappa shape index (κ2) is 14.1. The van der Waals surface area contributed by atoms with E-state index in [-0.39, 0.29) is 6.71 Å². The molecule has 4 heterocycles. The Balaban J connectivity index is 1.11. The van der Waals surface area contributed by atoms with Crippen LogP contribution in [0.5, 0.6) is 0 Å². The van der Waals surface area contributed by atoms with Crippen LogP contribution in [0.1, 0.15) is 25.0 Å². The molecule has 4 nitrogen and oxygen atoms in total. The average molecular weight is 883 g/mol. The fraction of sp³-hybridized carbons (Fsp3) is 0.0938. The summed E-state index contributed by atoms with van der Waals surface area (Å²) in [6.07, 6.45) is 1.94. The highest BCUT2D eigenvalue weighted by atomic mass is 15.3. The highest BCUT2D eigenvalue weighted by molar-refractivity contribution is 7.03. The summed E-state index contributed by atoms with van der Waals surface area (Å²) in [5.41, 5.74) is 14.1. The van der Waals surface area contributed by atoms with Crippen molar-refractivity contribution in [3.8, 4) is 0 Å². The Morgan fingerprint density at radius 1 is 0.333 bits per heavy atom. The number of benzene rings is 11. The van der Waals surface area contributed by atoms with E-state index in [1.54, 1.807) is 0 Å². The van der Waals surface area contributed by atoms with Crippen LogP contribution in [-0.4, -0.2) is 15.8 Å². The molecule has 11 aromatic carbocycles. The lowest BCUT2D eigenvalue weighted by Gasteiger charge is -2.43. The number of fused-ring (bicyclic) bond motifs is 20. The van der Waals surface area contributed by atoms with Gasteiger partial charge in [0.25, 0.3) is 6.71 Å². The minimum Gasteiger partial charge on any atom is -0.330 e. The van der Waals surface area contributed by atoms with Crippen LogP contribution in [0.4, 0.5) is 34.4 Å². The summed E-state index contributed by atoms with van der Waals surface area (Å²) in [7, 11) is 4.59. The molecule has 2 aliphatic heterocycles. The fourth-order valence-electron chi connectivity index (χ4n) is 13.1. The monoisotopic (exact) mass is 882 g/mol. The van der Waals surface area contributed by atoms with Crippen molar-refractivity contribution >= 4 is 144 Å². The van der Waals surface area contributed by atoms with Gasteiger partial charge in [0, 0.05) is 47.6 Å². The van der Waals surface area contributed by atoms with Gasteiger partial charge in [-0.15, -0.1) is 0 Å². The third-order valence-corrected chi connectivity index (χ3v) is 16.2. The number of hydrogen-bond donors (Lipinski definition) is 0. The largest absolute Gasteiger partial charge is 0.330 e. The normalized spacial score (nSPS) is 13.2. The molecule has 0 fully saturated rings. The van der Waals surface area contributed by atoms with E-state index >= 15 is 0 Å². The third-order valence-electron chi connectivity index (χ3n) is 16.2. The van der Waals surface area contributed by atoms with E-state index in [1.165, 1.54) is 143 Å². The van der Waals surface area contributed by atoms with Crippen LogP contribution < -0.4 is 26.2 Å². The minimum atomic E-state index is -0.0434. The van der Waals surface area contributed by atoms with Crippen molar-refractivity contribution in [1.82, 2.24) is 9.13 Å². The zero-order valence-electron chi connectivity index (χ0n) is 39.2. The highest BCUT2D eigenvalue weighted by Gasteiger charge is 2.48. The summed E-state index contributed by atoms with van der Waals surface area (Å²) in [4.78, 5) is 5.25. The number of nitrogens with zero attached hydrogens (tertiary/aromatic N) is 4. The van der Waals surface area contributed by atoms with Crippen LogP contribution in [0.15, 0.2) is 188 Å². The topological polar surface area (TPSA) is 16.3 Å². The predicted octanol–water partition coefficient (Wildman–Crippen LogP) is 14.8. The van der Waals surface area contributed by atoms with Crippen LogP contribution >= 0.6 is 0 Å². The minimum absolute atomic E-state index is 0.0434. The van der Waals surface area contributed by atoms with Crippen LogP contribution in [0.3, 0.4) is 0 Å². The molecule has 0 aliphatic carbocycles. The highest BCUT2D eigenvalue weighted by Crippen LogP contribution is 2.51. The van der Waals surface area contributed by atoms with Gasteiger partial charge in [0.15, 0.2) is 0 Å². The first kappa shape index (κ1) is 38.8. The lowest BCUT2D eigenvalue weighted by Crippen LogP contribution is -2.61. The van der Waals surface area contributed by atoms with Gasteiger partial charge in [-0.25, -0.2) is 0 Å². The van der Waals surface area contributed by atoms with Crippen molar-refractivity contribution in [2.75, 3.05) is 9.80 Å². The van der Waals surface area contributed by atoms with Gasteiger partial charge in [0.2, 0.25) is 0 Å². The van der Waals surface area contributed by atoms with Crippen molar-refractivity contribution < 1.29 is 0 Å². The van der Waals surface area contributed by atoms with Gasteiger partial charge in [-0.2, -0.15) is 0 Å². The van der Waals surface area contributed by atoms with Crippen LogP contribution in [0, 0.1) is 0 Å². The van der Waals surface area contributed by atoms with E-state index in [0.29, 0.717) is 0 Å². The Bertz CT molecular complexity index is 4320. The Labute approximate surface area is 400 Å². The van der Waals surface area contributed by atoms with Gasteiger partial charge >= 0.3 is 0 Å². The van der Waals surface area contributed by atoms with Gasteiger partial charge in [-0.1, -0.05) is 159 Å². The maximum absolute atomic E-state index is 2.64. The molecule has 69 heavy (non-hydrogen) atoms. The van der Waals surface area contributed by atoms with E-state index in [1.807, 2.05) is 0 Å². The summed E-state index contributed by atoms with van der Waals surface area (Å²) in [6, 6.07) is 71.6. The number of rotatable bonds is 4. The van der Waals surface area contributed by atoms with Crippen LogP contribution in [0.2, 0.25) is 0 Å². The molecule has 0 unspecified atom stereocenters. The van der Waals surface area contributed by atoms with Crippen molar-refractivity contribution in [3.63, 3.8) is 0 Å². The van der Waals surface area contributed by atoms with Gasteiger partial charge < -0.3 is 9.13 Å². The first-order valence-electron chi connectivity index (χ1n) is 24.6. The Kier molecular flexibility index (Phi) is 7.95. The zero-order chi connectivity index (χ0) is 45.8. The van der Waals surface area contributed by atoms with E-state index in [4.69, 9.17) is 0 Å². The Hall–Kier alpha value is -8.28. The van der Waals surface area contributed by atoms with Crippen LogP contribution in [0.25, 0.3) is 86.4 Å². The number of anilines is 6. The van der Waals surface area contributed by atoms with Crippen molar-refractivity contribution in [1.29, 1.82) is 0 Å². The average Bonchev–Trinajstić information content (AvgIpc) is 3.87. The predicted molar refractivity (Wildman–Crippen MR) is 297 cm³/mol. The molecule has 0 spiro atoms. The first-order chi connectivity index (χ1) is 34.0. The molecular formula is C64H47BN4. The molecule has 2 aromatic heterocycles. The molecule has 0 atom stereocenters. The molecule has 0 radical (unpaired) electrons. The molecule has 0 N–H and O–H groups in total. The Morgan fingerprint density at radius 3 is 1.26 bits per heavy atom. The fourth-order valence-corrected chi connectivity index (χ4v) is 13.1. The molecule has 15 rings (SSSR count). The number of aryl methyl sites for hydroxylation is 4. The molecule has 2 aliphatic rings. The van der Waals surface area contributed by atoms with Crippen LogP contribution in [-0.2, 0) is 26.9 Å². The summed E-state index contributed by atoms with van der Waals surface area (Å²) in [5.74, 6) is 2.45.